The Morgan fingerprint density at radius 1 is 1.55 bits per heavy atom. The summed E-state index contributed by atoms with van der Waals surface area (Å²) in [4.78, 5) is 20.2. The highest BCUT2D eigenvalue weighted by atomic mass is 32.1. The van der Waals surface area contributed by atoms with E-state index in [4.69, 9.17) is 16.9 Å². The first-order valence-electron chi connectivity index (χ1n) is 8.81. The first kappa shape index (κ1) is 20.4. The Bertz CT molecular complexity index is 1040. The van der Waals surface area contributed by atoms with Crippen LogP contribution in [0.5, 0.6) is 0 Å². The van der Waals surface area contributed by atoms with Crippen LogP contribution >= 0.6 is 11.3 Å². The van der Waals surface area contributed by atoms with Crippen LogP contribution in [0.15, 0.2) is 33.6 Å². The van der Waals surface area contributed by atoms with Gasteiger partial charge >= 0.3 is 0 Å². The molecule has 29 heavy (non-hydrogen) atoms. The fourth-order valence-corrected chi connectivity index (χ4v) is 4.04. The largest absolute Gasteiger partial charge is 0.402 e. The van der Waals surface area contributed by atoms with Gasteiger partial charge in [-0.15, -0.1) is 11.3 Å². The number of aromatic nitrogens is 2. The van der Waals surface area contributed by atoms with E-state index >= 15 is 0 Å². The zero-order valence-corrected chi connectivity index (χ0v) is 17.0. The predicted molar refractivity (Wildman–Crippen MR) is 117 cm³/mol. The molecule has 0 fully saturated rings. The lowest BCUT2D eigenvalue weighted by Gasteiger charge is -2.21. The summed E-state index contributed by atoms with van der Waals surface area (Å²) in [6.45, 7) is 0.515. The summed E-state index contributed by atoms with van der Waals surface area (Å²) < 4.78 is 2.62. The summed E-state index contributed by atoms with van der Waals surface area (Å²) in [6.07, 6.45) is 8.66. The Balaban J connectivity index is 1.86. The molecule has 11 heteroatoms. The molecule has 152 valence electrons. The van der Waals surface area contributed by atoms with E-state index in [-0.39, 0.29) is 0 Å². The van der Waals surface area contributed by atoms with E-state index in [1.165, 1.54) is 17.4 Å². The maximum absolute atomic E-state index is 11.6. The van der Waals surface area contributed by atoms with Crippen LogP contribution in [0.2, 0.25) is 0 Å². The molecule has 1 atom stereocenters. The van der Waals surface area contributed by atoms with Crippen molar-refractivity contribution in [2.75, 3.05) is 13.6 Å². The van der Waals surface area contributed by atoms with Crippen LogP contribution < -0.4 is 16.8 Å². The summed E-state index contributed by atoms with van der Waals surface area (Å²) in [7, 11) is 3.63. The van der Waals surface area contributed by atoms with E-state index in [9.17, 15) is 4.79 Å². The number of carbonyl (C=O) groups excluding carboxylic acids is 1. The number of hydrogen-bond donors (Lipinski definition) is 4. The van der Waals surface area contributed by atoms with Gasteiger partial charge in [-0.3, -0.25) is 20.5 Å². The minimum atomic E-state index is -0.451. The van der Waals surface area contributed by atoms with Crippen LogP contribution in [0, 0.1) is 5.41 Å². The first-order chi connectivity index (χ1) is 13.9. The topological polar surface area (TPSA) is 151 Å². The van der Waals surface area contributed by atoms with Crippen molar-refractivity contribution in [1.82, 2.24) is 19.9 Å². The molecule has 3 rings (SSSR count). The van der Waals surface area contributed by atoms with E-state index in [1.54, 1.807) is 29.1 Å². The quantitative estimate of drug-likeness (QED) is 0.282. The van der Waals surface area contributed by atoms with Crippen molar-refractivity contribution in [3.63, 3.8) is 0 Å². The lowest BCUT2D eigenvalue weighted by atomic mass is 10.3. The molecule has 0 saturated heterocycles. The molecule has 1 unspecified atom stereocenters. The minimum absolute atomic E-state index is 0.448. The second-order valence-corrected chi connectivity index (χ2v) is 7.54. The number of rotatable bonds is 8. The molecule has 2 aromatic heterocycles. The van der Waals surface area contributed by atoms with Crippen molar-refractivity contribution >= 4 is 46.6 Å². The fraction of sp³-hybridized carbons (Fsp3) is 0.278. The Morgan fingerprint density at radius 2 is 2.34 bits per heavy atom. The number of nitrogens with zero attached hydrogens (tertiary/aromatic N) is 5. The zero-order valence-electron chi connectivity index (χ0n) is 16.2. The Labute approximate surface area is 171 Å². The summed E-state index contributed by atoms with van der Waals surface area (Å²) >= 11 is 1.46. The van der Waals surface area contributed by atoms with Gasteiger partial charge in [0.15, 0.2) is 18.2 Å². The van der Waals surface area contributed by atoms with Crippen LogP contribution in [0.1, 0.15) is 21.1 Å². The maximum atomic E-state index is 11.6. The number of aliphatic imine (C=N–C) groups is 1. The third-order valence-corrected chi connectivity index (χ3v) is 5.33. The van der Waals surface area contributed by atoms with E-state index in [0.29, 0.717) is 35.6 Å². The lowest BCUT2D eigenvalue weighted by Crippen LogP contribution is -2.39. The second-order valence-electron chi connectivity index (χ2n) is 6.46. The number of thiazole rings is 1. The van der Waals surface area contributed by atoms with Crippen LogP contribution in [-0.4, -0.2) is 59.4 Å². The monoisotopic (exact) mass is 413 g/mol. The van der Waals surface area contributed by atoms with Crippen molar-refractivity contribution in [3.05, 3.63) is 39.8 Å². The number of aldehydes is 1. The smallest absolute Gasteiger partial charge is 0.171 e. The molecule has 0 saturated carbocycles. The van der Waals surface area contributed by atoms with Crippen LogP contribution in [-0.2, 0) is 13.5 Å². The molecule has 1 aliphatic rings. The van der Waals surface area contributed by atoms with Gasteiger partial charge in [-0.05, 0) is 12.2 Å². The number of hydrogen-bond acceptors (Lipinski definition) is 10. The Kier molecular flexibility index (Phi) is 6.20. The zero-order chi connectivity index (χ0) is 21.0. The van der Waals surface area contributed by atoms with Gasteiger partial charge in [0.25, 0.3) is 0 Å². The third kappa shape index (κ3) is 4.58. The number of hydrazone groups is 1. The number of allylic oxidation sites excluding steroid dienone is 3. The standard InChI is InChI=1S/C18H23N9OS/c1-26(9-12-4-6-22-18(21)24-12)23-8-13-14(10-28)27(2)17-16(13)29-15(25-17)7-11(20)3-5-19/h3-6,8,10,18-19,24H,7,9,20-21H2,1-2H3/b11-3?,19-5?,23-8-. The maximum Gasteiger partial charge on any atom is 0.171 e. The van der Waals surface area contributed by atoms with Crippen molar-refractivity contribution in [2.24, 2.45) is 28.6 Å². The lowest BCUT2D eigenvalue weighted by molar-refractivity contribution is 0.111. The SMILES string of the molecule is CN(CC1=CC=NC(N)N1)/N=C\c1c(C=O)n(C)c2nc(CC(N)=CC=N)sc12. The summed E-state index contributed by atoms with van der Waals surface area (Å²) in [5.74, 6) is 0. The highest BCUT2D eigenvalue weighted by molar-refractivity contribution is 7.19. The van der Waals surface area contributed by atoms with Crippen LogP contribution in [0.4, 0.5) is 0 Å². The summed E-state index contributed by atoms with van der Waals surface area (Å²) in [5.41, 5.74) is 15.0. The van der Waals surface area contributed by atoms with Crippen molar-refractivity contribution < 1.29 is 4.79 Å². The molecular weight excluding hydrogens is 390 g/mol. The van der Waals surface area contributed by atoms with Gasteiger partial charge in [0.1, 0.15) is 5.01 Å². The van der Waals surface area contributed by atoms with Gasteiger partial charge in [0.05, 0.1) is 23.2 Å². The minimum Gasteiger partial charge on any atom is -0.402 e. The average Bonchev–Trinajstić information content (AvgIpc) is 3.17. The summed E-state index contributed by atoms with van der Waals surface area (Å²) in [6, 6.07) is 0. The number of nitrogens with two attached hydrogens (primary N) is 2. The molecule has 1 aliphatic heterocycles. The van der Waals surface area contributed by atoms with Gasteiger partial charge in [0, 0.05) is 49.9 Å². The number of aryl methyl sites for hydroxylation is 1. The van der Waals surface area contributed by atoms with Crippen molar-refractivity contribution in [1.29, 1.82) is 5.41 Å². The average molecular weight is 414 g/mol. The van der Waals surface area contributed by atoms with Crippen molar-refractivity contribution in [2.45, 2.75) is 12.7 Å². The molecule has 0 amide bonds. The van der Waals surface area contributed by atoms with Gasteiger partial charge in [0.2, 0.25) is 0 Å². The van der Waals surface area contributed by atoms with Gasteiger partial charge in [-0.25, -0.2) is 4.98 Å². The molecule has 0 aliphatic carbocycles. The molecular formula is C18H23N9OS. The second kappa shape index (κ2) is 8.80. The predicted octanol–water partition coefficient (Wildman–Crippen LogP) is 0.548. The molecule has 0 aromatic carbocycles. The molecule has 0 spiro atoms. The van der Waals surface area contributed by atoms with Crippen LogP contribution in [0.25, 0.3) is 10.3 Å². The number of fused-ring (bicyclic) bond motifs is 1. The number of carbonyl (C=O) groups is 1. The molecule has 2 aromatic rings. The highest BCUT2D eigenvalue weighted by Crippen LogP contribution is 2.29. The molecule has 6 N–H and O–H groups in total. The molecule has 3 heterocycles. The van der Waals surface area contributed by atoms with E-state index in [2.05, 4.69) is 20.4 Å². The number of likely N-dealkylation sites (N-methyl/N-ethyl adjacent to an activating group) is 1. The number of nitrogens with one attached hydrogen (secondary N) is 2. The fourth-order valence-electron chi connectivity index (χ4n) is 2.90. The third-order valence-electron chi connectivity index (χ3n) is 4.26. The first-order valence-corrected chi connectivity index (χ1v) is 9.62. The van der Waals surface area contributed by atoms with Crippen molar-refractivity contribution in [3.8, 4) is 0 Å². The van der Waals surface area contributed by atoms with E-state index in [0.717, 1.165) is 27.9 Å². The summed E-state index contributed by atoms with van der Waals surface area (Å²) in [5, 5.41) is 17.2. The normalized spacial score (nSPS) is 16.9. The van der Waals surface area contributed by atoms with Crippen LogP contribution in [0.3, 0.4) is 0 Å². The molecule has 0 radical (unpaired) electrons. The van der Waals surface area contributed by atoms with E-state index < -0.39 is 6.29 Å². The van der Waals surface area contributed by atoms with Gasteiger partial charge in [-0.1, -0.05) is 0 Å². The molecule has 10 nitrogen and oxygen atoms in total. The Hall–Kier alpha value is -3.31. The van der Waals surface area contributed by atoms with Gasteiger partial charge < -0.3 is 21.0 Å². The van der Waals surface area contributed by atoms with E-state index in [1.807, 2.05) is 13.1 Å². The van der Waals surface area contributed by atoms with Gasteiger partial charge in [-0.2, -0.15) is 5.10 Å². The Morgan fingerprint density at radius 3 is 3.03 bits per heavy atom. The molecule has 0 bridgehead atoms. The highest BCUT2D eigenvalue weighted by Gasteiger charge is 2.18.